The van der Waals surface area contributed by atoms with Gasteiger partial charge in [-0.25, -0.2) is 13.1 Å². The highest BCUT2D eigenvalue weighted by Gasteiger charge is 2.32. The Morgan fingerprint density at radius 2 is 2.14 bits per heavy atom. The van der Waals surface area contributed by atoms with Crippen molar-refractivity contribution in [2.75, 3.05) is 20.1 Å². The van der Waals surface area contributed by atoms with Crippen LogP contribution in [0.2, 0.25) is 0 Å². The molecule has 1 N–H and O–H groups in total. The summed E-state index contributed by atoms with van der Waals surface area (Å²) < 4.78 is 26.3. The van der Waals surface area contributed by atoms with E-state index in [4.69, 9.17) is 0 Å². The van der Waals surface area contributed by atoms with E-state index in [0.29, 0.717) is 13.0 Å². The van der Waals surface area contributed by atoms with Crippen LogP contribution in [-0.2, 0) is 16.6 Å². The standard InChI is InChI=1S/C16H21N3O2S/c1-12-9-13(15-5-3-4-6-16(15)18-12)10-19-8-7-14(11-19)22(20,21)17-2/h3-6,9,14,17H,7-8,10-11H2,1-2H3. The van der Waals surface area contributed by atoms with Crippen LogP contribution in [0.5, 0.6) is 0 Å². The van der Waals surface area contributed by atoms with Crippen molar-refractivity contribution in [2.45, 2.75) is 25.1 Å². The lowest BCUT2D eigenvalue weighted by Gasteiger charge is -2.17. The molecule has 2 heterocycles. The number of hydrogen-bond donors (Lipinski definition) is 1. The first-order valence-corrected chi connectivity index (χ1v) is 9.04. The van der Waals surface area contributed by atoms with E-state index in [2.05, 4.69) is 26.7 Å². The molecule has 1 saturated heterocycles. The summed E-state index contributed by atoms with van der Waals surface area (Å²) in [6.45, 7) is 4.15. The highest BCUT2D eigenvalue weighted by atomic mass is 32.2. The van der Waals surface area contributed by atoms with Crippen molar-refractivity contribution in [2.24, 2.45) is 0 Å². The van der Waals surface area contributed by atoms with Gasteiger partial charge in [0.15, 0.2) is 0 Å². The van der Waals surface area contributed by atoms with Gasteiger partial charge in [0.1, 0.15) is 0 Å². The molecular weight excluding hydrogens is 298 g/mol. The van der Waals surface area contributed by atoms with E-state index < -0.39 is 10.0 Å². The van der Waals surface area contributed by atoms with Crippen LogP contribution in [0.15, 0.2) is 30.3 Å². The number of rotatable bonds is 4. The number of pyridine rings is 1. The van der Waals surface area contributed by atoms with Crippen LogP contribution in [0, 0.1) is 6.92 Å². The summed E-state index contributed by atoms with van der Waals surface area (Å²) >= 11 is 0. The number of sulfonamides is 1. The fourth-order valence-corrected chi connectivity index (χ4v) is 4.28. The predicted octanol–water partition coefficient (Wildman–Crippen LogP) is 1.67. The molecule has 5 nitrogen and oxygen atoms in total. The van der Waals surface area contributed by atoms with Crippen LogP contribution >= 0.6 is 0 Å². The largest absolute Gasteiger partial charge is 0.298 e. The van der Waals surface area contributed by atoms with Gasteiger partial charge in [-0.15, -0.1) is 0 Å². The first-order valence-electron chi connectivity index (χ1n) is 7.49. The molecule has 0 aliphatic carbocycles. The summed E-state index contributed by atoms with van der Waals surface area (Å²) in [5, 5.41) is 0.833. The monoisotopic (exact) mass is 319 g/mol. The Labute approximate surface area is 131 Å². The van der Waals surface area contributed by atoms with Crippen molar-refractivity contribution >= 4 is 20.9 Å². The average molecular weight is 319 g/mol. The van der Waals surface area contributed by atoms with Crippen LogP contribution in [0.1, 0.15) is 17.7 Å². The van der Waals surface area contributed by atoms with Crippen LogP contribution in [-0.4, -0.2) is 43.7 Å². The Morgan fingerprint density at radius 3 is 2.91 bits per heavy atom. The molecule has 1 aromatic carbocycles. The Morgan fingerprint density at radius 1 is 1.36 bits per heavy atom. The number of likely N-dealkylation sites (tertiary alicyclic amines) is 1. The first kappa shape index (κ1) is 15.4. The summed E-state index contributed by atoms with van der Waals surface area (Å²) in [5.74, 6) is 0. The summed E-state index contributed by atoms with van der Waals surface area (Å²) in [4.78, 5) is 6.76. The maximum atomic E-state index is 11.9. The molecule has 0 bridgehead atoms. The van der Waals surface area contributed by atoms with Crippen LogP contribution in [0.3, 0.4) is 0 Å². The summed E-state index contributed by atoms with van der Waals surface area (Å²) in [7, 11) is -1.69. The zero-order chi connectivity index (χ0) is 15.7. The lowest BCUT2D eigenvalue weighted by Crippen LogP contribution is -2.34. The van der Waals surface area contributed by atoms with Gasteiger partial charge in [0, 0.05) is 24.2 Å². The molecule has 1 atom stereocenters. The maximum Gasteiger partial charge on any atom is 0.215 e. The average Bonchev–Trinajstić information content (AvgIpc) is 2.96. The fourth-order valence-electron chi connectivity index (χ4n) is 3.13. The molecule has 1 aliphatic rings. The van der Waals surface area contributed by atoms with Gasteiger partial charge in [-0.05, 0) is 44.6 Å². The van der Waals surface area contributed by atoms with Crippen molar-refractivity contribution in [1.82, 2.24) is 14.6 Å². The number of nitrogens with zero attached hydrogens (tertiary/aromatic N) is 2. The summed E-state index contributed by atoms with van der Waals surface area (Å²) in [6, 6.07) is 10.2. The highest BCUT2D eigenvalue weighted by molar-refractivity contribution is 7.90. The van der Waals surface area contributed by atoms with Crippen LogP contribution in [0.25, 0.3) is 10.9 Å². The SMILES string of the molecule is CNS(=O)(=O)C1CCN(Cc2cc(C)nc3ccccc23)C1. The number of para-hydroxylation sites is 1. The van der Waals surface area contributed by atoms with E-state index >= 15 is 0 Å². The number of hydrogen-bond acceptors (Lipinski definition) is 4. The first-order chi connectivity index (χ1) is 10.5. The number of fused-ring (bicyclic) bond motifs is 1. The topological polar surface area (TPSA) is 62.3 Å². The Balaban J connectivity index is 1.83. The molecule has 3 rings (SSSR count). The van der Waals surface area contributed by atoms with Gasteiger partial charge < -0.3 is 0 Å². The van der Waals surface area contributed by atoms with Crippen molar-refractivity contribution < 1.29 is 8.42 Å². The maximum absolute atomic E-state index is 11.9. The van der Waals surface area contributed by atoms with Gasteiger partial charge >= 0.3 is 0 Å². The molecule has 0 spiro atoms. The molecule has 0 radical (unpaired) electrons. The Bertz CT molecular complexity index is 789. The van der Waals surface area contributed by atoms with E-state index in [9.17, 15) is 8.42 Å². The molecule has 1 fully saturated rings. The zero-order valence-electron chi connectivity index (χ0n) is 12.9. The van der Waals surface area contributed by atoms with Crippen molar-refractivity contribution in [3.8, 4) is 0 Å². The van der Waals surface area contributed by atoms with Crippen molar-refractivity contribution in [3.05, 3.63) is 41.6 Å². The molecular formula is C16H21N3O2S. The smallest absolute Gasteiger partial charge is 0.215 e. The fraction of sp³-hybridized carbons (Fsp3) is 0.438. The molecule has 1 unspecified atom stereocenters. The van der Waals surface area contributed by atoms with Gasteiger partial charge in [-0.3, -0.25) is 9.88 Å². The minimum atomic E-state index is -3.18. The lowest BCUT2D eigenvalue weighted by atomic mass is 10.1. The van der Waals surface area contributed by atoms with Gasteiger partial charge in [0.2, 0.25) is 10.0 Å². The van der Waals surface area contributed by atoms with Crippen molar-refractivity contribution in [1.29, 1.82) is 0 Å². The second-order valence-electron chi connectivity index (χ2n) is 5.83. The summed E-state index contributed by atoms with van der Waals surface area (Å²) in [5.41, 5.74) is 3.20. The summed E-state index contributed by atoms with van der Waals surface area (Å²) in [6.07, 6.45) is 0.686. The van der Waals surface area contributed by atoms with Gasteiger partial charge in [0.25, 0.3) is 0 Å². The van der Waals surface area contributed by atoms with E-state index in [-0.39, 0.29) is 5.25 Å². The second kappa shape index (κ2) is 5.95. The Hall–Kier alpha value is -1.50. The van der Waals surface area contributed by atoms with E-state index in [1.54, 1.807) is 0 Å². The molecule has 1 aliphatic heterocycles. The predicted molar refractivity (Wildman–Crippen MR) is 88.1 cm³/mol. The van der Waals surface area contributed by atoms with Crippen molar-refractivity contribution in [3.63, 3.8) is 0 Å². The second-order valence-corrected chi connectivity index (χ2v) is 8.00. The molecule has 0 saturated carbocycles. The van der Waals surface area contributed by atoms with E-state index in [0.717, 1.165) is 29.7 Å². The van der Waals surface area contributed by atoms with Crippen LogP contribution < -0.4 is 4.72 Å². The normalized spacial score (nSPS) is 19.8. The highest BCUT2D eigenvalue weighted by Crippen LogP contribution is 2.23. The number of benzene rings is 1. The van der Waals surface area contributed by atoms with Crippen LogP contribution in [0.4, 0.5) is 0 Å². The number of aryl methyl sites for hydroxylation is 1. The quantitative estimate of drug-likeness (QED) is 0.931. The zero-order valence-corrected chi connectivity index (χ0v) is 13.7. The van der Waals surface area contributed by atoms with Gasteiger partial charge in [-0.2, -0.15) is 0 Å². The van der Waals surface area contributed by atoms with Gasteiger partial charge in [0.05, 0.1) is 10.8 Å². The number of aromatic nitrogens is 1. The minimum absolute atomic E-state index is 0.313. The third-order valence-electron chi connectivity index (χ3n) is 4.28. The molecule has 22 heavy (non-hydrogen) atoms. The lowest BCUT2D eigenvalue weighted by molar-refractivity contribution is 0.332. The molecule has 1 aromatic heterocycles. The minimum Gasteiger partial charge on any atom is -0.298 e. The molecule has 0 amide bonds. The number of nitrogens with one attached hydrogen (secondary N) is 1. The third-order valence-corrected chi connectivity index (χ3v) is 6.11. The van der Waals surface area contributed by atoms with Gasteiger partial charge in [-0.1, -0.05) is 18.2 Å². The molecule has 6 heteroatoms. The molecule has 118 valence electrons. The Kier molecular flexibility index (Phi) is 4.16. The molecule has 2 aromatic rings. The van der Waals surface area contributed by atoms with E-state index in [1.807, 2.05) is 25.1 Å². The third kappa shape index (κ3) is 2.99. The van der Waals surface area contributed by atoms with E-state index in [1.165, 1.54) is 12.6 Å².